The largest absolute Gasteiger partial charge is 0.261 e. The number of hydrogen-bond acceptors (Lipinski definition) is 2. The molecule has 0 saturated carbocycles. The molecule has 2 heteroatoms. The molecule has 0 atom stereocenters. The number of benzene rings is 1. The molecule has 0 aliphatic carbocycles. The highest BCUT2D eigenvalue weighted by Crippen LogP contribution is 2.35. The van der Waals surface area contributed by atoms with Crippen molar-refractivity contribution in [3.8, 4) is 0 Å². The van der Waals surface area contributed by atoms with Gasteiger partial charge in [-0.15, -0.1) is 0 Å². The van der Waals surface area contributed by atoms with Gasteiger partial charge in [0.15, 0.2) is 0 Å². The Bertz CT molecular complexity index is 671. The molecular weight excluding hydrogens is 280 g/mol. The molecule has 1 heterocycles. The summed E-state index contributed by atoms with van der Waals surface area (Å²) in [6.07, 6.45) is 4.54. The van der Waals surface area contributed by atoms with E-state index in [-0.39, 0.29) is 10.8 Å². The van der Waals surface area contributed by atoms with Crippen molar-refractivity contribution in [2.24, 2.45) is 4.99 Å². The van der Waals surface area contributed by atoms with Gasteiger partial charge in [-0.3, -0.25) is 9.98 Å². The molecule has 0 aliphatic rings. The monoisotopic (exact) mass is 308 g/mol. The van der Waals surface area contributed by atoms with Crippen LogP contribution in [-0.2, 0) is 17.3 Å². The zero-order valence-electron chi connectivity index (χ0n) is 15.2. The summed E-state index contributed by atoms with van der Waals surface area (Å²) >= 11 is 0. The summed E-state index contributed by atoms with van der Waals surface area (Å²) in [5.41, 5.74) is 4.96. The molecule has 122 valence electrons. The molecule has 0 unspecified atom stereocenters. The Morgan fingerprint density at radius 3 is 2.26 bits per heavy atom. The number of hydrogen-bond donors (Lipinski definition) is 0. The summed E-state index contributed by atoms with van der Waals surface area (Å²) in [5.74, 6) is 0. The number of aromatic nitrogens is 1. The van der Waals surface area contributed by atoms with E-state index in [2.05, 4.69) is 64.7 Å². The summed E-state index contributed by atoms with van der Waals surface area (Å²) < 4.78 is 0. The summed E-state index contributed by atoms with van der Waals surface area (Å²) in [6, 6.07) is 12.6. The van der Waals surface area contributed by atoms with E-state index in [9.17, 15) is 0 Å². The highest BCUT2D eigenvalue weighted by molar-refractivity contribution is 5.68. The van der Waals surface area contributed by atoms with Crippen LogP contribution in [0, 0.1) is 0 Å². The minimum atomic E-state index is 0.0684. The molecule has 23 heavy (non-hydrogen) atoms. The van der Waals surface area contributed by atoms with Crippen LogP contribution in [0.25, 0.3) is 0 Å². The number of aliphatic imine (C=N–C) groups is 1. The molecule has 0 aliphatic heterocycles. The molecule has 0 bridgehead atoms. The third-order valence-electron chi connectivity index (χ3n) is 3.93. The van der Waals surface area contributed by atoms with Crippen LogP contribution in [0.3, 0.4) is 0 Å². The van der Waals surface area contributed by atoms with Gasteiger partial charge in [-0.25, -0.2) is 0 Å². The van der Waals surface area contributed by atoms with Gasteiger partial charge >= 0.3 is 0 Å². The van der Waals surface area contributed by atoms with Gasteiger partial charge in [-0.05, 0) is 40.2 Å². The van der Waals surface area contributed by atoms with E-state index in [0.717, 1.165) is 17.8 Å². The van der Waals surface area contributed by atoms with Crippen LogP contribution < -0.4 is 0 Å². The maximum absolute atomic E-state index is 4.73. The fourth-order valence-electron chi connectivity index (χ4n) is 2.47. The second-order valence-corrected chi connectivity index (χ2v) is 8.07. The normalized spacial score (nSPS) is 12.8. The Kier molecular flexibility index (Phi) is 5.03. The quantitative estimate of drug-likeness (QED) is 0.675. The van der Waals surface area contributed by atoms with Crippen molar-refractivity contribution in [2.75, 3.05) is 0 Å². The molecule has 0 fully saturated rings. The van der Waals surface area contributed by atoms with Crippen LogP contribution >= 0.6 is 0 Å². The molecule has 0 spiro atoms. The molecule has 1 aromatic heterocycles. The maximum atomic E-state index is 4.73. The molecule has 0 amide bonds. The highest BCUT2D eigenvalue weighted by Gasteiger charge is 2.21. The zero-order chi connectivity index (χ0) is 17.1. The smallest absolute Gasteiger partial charge is 0.0663 e. The van der Waals surface area contributed by atoms with Crippen molar-refractivity contribution in [1.82, 2.24) is 4.98 Å². The SMILES string of the molecule is CC(C)(C)c1ccc(N=CCc2ccccn2)c(C(C)(C)C)c1. The number of rotatable bonds is 3. The van der Waals surface area contributed by atoms with Gasteiger partial charge in [0.25, 0.3) is 0 Å². The van der Waals surface area contributed by atoms with Crippen LogP contribution in [-0.4, -0.2) is 11.2 Å². The van der Waals surface area contributed by atoms with E-state index >= 15 is 0 Å². The summed E-state index contributed by atoms with van der Waals surface area (Å²) in [5, 5.41) is 0. The van der Waals surface area contributed by atoms with Crippen molar-refractivity contribution in [2.45, 2.75) is 58.8 Å². The second-order valence-electron chi connectivity index (χ2n) is 8.07. The maximum Gasteiger partial charge on any atom is 0.0663 e. The number of pyridine rings is 1. The molecule has 0 N–H and O–H groups in total. The zero-order valence-corrected chi connectivity index (χ0v) is 15.2. The molecular formula is C21H28N2. The van der Waals surface area contributed by atoms with E-state index in [1.165, 1.54) is 11.1 Å². The number of nitrogens with zero attached hydrogens (tertiary/aromatic N) is 2. The summed E-state index contributed by atoms with van der Waals surface area (Å²) in [6.45, 7) is 13.5. The van der Waals surface area contributed by atoms with Gasteiger partial charge in [0, 0.05) is 24.5 Å². The second kappa shape index (κ2) is 6.66. The first-order chi connectivity index (χ1) is 10.7. The Morgan fingerprint density at radius 1 is 0.957 bits per heavy atom. The van der Waals surface area contributed by atoms with Crippen molar-refractivity contribution >= 4 is 11.9 Å². The van der Waals surface area contributed by atoms with Gasteiger partial charge in [-0.1, -0.05) is 59.7 Å². The van der Waals surface area contributed by atoms with Crippen molar-refractivity contribution in [3.63, 3.8) is 0 Å². The fraction of sp³-hybridized carbons (Fsp3) is 0.429. The van der Waals surface area contributed by atoms with Gasteiger partial charge < -0.3 is 0 Å². The van der Waals surface area contributed by atoms with E-state index in [4.69, 9.17) is 4.99 Å². The first kappa shape index (κ1) is 17.4. The van der Waals surface area contributed by atoms with Gasteiger partial charge in [0.2, 0.25) is 0 Å². The van der Waals surface area contributed by atoms with E-state index in [0.29, 0.717) is 0 Å². The van der Waals surface area contributed by atoms with Gasteiger partial charge in [0.05, 0.1) is 5.69 Å². The van der Waals surface area contributed by atoms with Crippen LogP contribution in [0.15, 0.2) is 47.6 Å². The third kappa shape index (κ3) is 4.75. The van der Waals surface area contributed by atoms with Crippen LogP contribution in [0.4, 0.5) is 5.69 Å². The molecule has 0 radical (unpaired) electrons. The predicted molar refractivity (Wildman–Crippen MR) is 99.9 cm³/mol. The van der Waals surface area contributed by atoms with Crippen LogP contribution in [0.2, 0.25) is 0 Å². The van der Waals surface area contributed by atoms with Crippen molar-refractivity contribution < 1.29 is 0 Å². The minimum Gasteiger partial charge on any atom is -0.261 e. The topological polar surface area (TPSA) is 25.2 Å². The first-order valence-electron chi connectivity index (χ1n) is 8.25. The lowest BCUT2D eigenvalue weighted by molar-refractivity contribution is 0.569. The average Bonchev–Trinajstić information content (AvgIpc) is 2.46. The van der Waals surface area contributed by atoms with Gasteiger partial charge in [0.1, 0.15) is 0 Å². The standard InChI is InChI=1S/C21H28N2/c1-20(2,3)16-10-11-19(18(15-16)21(4,5)6)23-14-12-17-9-7-8-13-22-17/h7-11,13-15H,12H2,1-6H3. The lowest BCUT2D eigenvalue weighted by Gasteiger charge is -2.26. The van der Waals surface area contributed by atoms with E-state index in [1.54, 1.807) is 0 Å². The minimum absolute atomic E-state index is 0.0684. The average molecular weight is 308 g/mol. The Labute approximate surface area is 140 Å². The first-order valence-corrected chi connectivity index (χ1v) is 8.25. The Balaban J connectivity index is 2.31. The van der Waals surface area contributed by atoms with Gasteiger partial charge in [-0.2, -0.15) is 0 Å². The van der Waals surface area contributed by atoms with E-state index < -0.39 is 0 Å². The summed E-state index contributed by atoms with van der Waals surface area (Å²) in [7, 11) is 0. The van der Waals surface area contributed by atoms with E-state index in [1.807, 2.05) is 30.6 Å². The van der Waals surface area contributed by atoms with Crippen LogP contribution in [0.1, 0.15) is 58.4 Å². The Hall–Kier alpha value is -1.96. The molecule has 1 aromatic carbocycles. The molecule has 0 saturated heterocycles. The Morgan fingerprint density at radius 2 is 1.70 bits per heavy atom. The molecule has 2 aromatic rings. The van der Waals surface area contributed by atoms with Crippen molar-refractivity contribution in [1.29, 1.82) is 0 Å². The lowest BCUT2D eigenvalue weighted by atomic mass is 9.80. The highest BCUT2D eigenvalue weighted by atomic mass is 14.7. The van der Waals surface area contributed by atoms with Crippen LogP contribution in [0.5, 0.6) is 0 Å². The summed E-state index contributed by atoms with van der Waals surface area (Å²) in [4.78, 5) is 9.06. The lowest BCUT2D eigenvalue weighted by Crippen LogP contribution is -2.16. The fourth-order valence-corrected chi connectivity index (χ4v) is 2.47. The molecule has 2 nitrogen and oxygen atoms in total. The molecule has 2 rings (SSSR count). The predicted octanol–water partition coefficient (Wildman–Crippen LogP) is 5.62. The third-order valence-corrected chi connectivity index (χ3v) is 3.93. The van der Waals surface area contributed by atoms with Crippen molar-refractivity contribution in [3.05, 3.63) is 59.4 Å².